The molecule has 0 fully saturated rings. The zero-order valence-electron chi connectivity index (χ0n) is 10.1. The molecule has 18 heavy (non-hydrogen) atoms. The van der Waals surface area contributed by atoms with E-state index in [9.17, 15) is 18.3 Å². The molecule has 5 heteroatoms. The van der Waals surface area contributed by atoms with Gasteiger partial charge in [-0.25, -0.2) is 0 Å². The Kier molecular flexibility index (Phi) is 3.11. The molecular formula is C13H14F3NO. The molecule has 1 N–H and O–H groups in total. The molecule has 0 amide bonds. The molecule has 0 saturated heterocycles. The van der Waals surface area contributed by atoms with E-state index in [0.717, 1.165) is 23.2 Å². The van der Waals surface area contributed by atoms with Crippen LogP contribution in [0.3, 0.4) is 0 Å². The van der Waals surface area contributed by atoms with E-state index in [-0.39, 0.29) is 0 Å². The summed E-state index contributed by atoms with van der Waals surface area (Å²) >= 11 is 0. The quantitative estimate of drug-likeness (QED) is 0.878. The topological polar surface area (TPSA) is 25.2 Å². The minimum Gasteiger partial charge on any atom is -0.393 e. The third-order valence-electron chi connectivity index (χ3n) is 2.91. The molecule has 98 valence electrons. The molecule has 1 unspecified atom stereocenters. The van der Waals surface area contributed by atoms with E-state index in [1.165, 1.54) is 6.07 Å². The first-order valence-corrected chi connectivity index (χ1v) is 5.62. The van der Waals surface area contributed by atoms with Gasteiger partial charge >= 0.3 is 6.18 Å². The predicted octanol–water partition coefficient (Wildman–Crippen LogP) is 3.12. The summed E-state index contributed by atoms with van der Waals surface area (Å²) in [6.07, 6.45) is -2.81. The van der Waals surface area contributed by atoms with Crippen LogP contribution in [0.15, 0.2) is 24.4 Å². The smallest absolute Gasteiger partial charge is 0.393 e. The van der Waals surface area contributed by atoms with Crippen molar-refractivity contribution in [1.29, 1.82) is 0 Å². The summed E-state index contributed by atoms with van der Waals surface area (Å²) in [6, 6.07) is 3.69. The highest BCUT2D eigenvalue weighted by Gasteiger charge is 2.30. The Balaban J connectivity index is 2.59. The Hall–Kier alpha value is -1.49. The highest BCUT2D eigenvalue weighted by Crippen LogP contribution is 2.33. The molecule has 2 rings (SSSR count). The van der Waals surface area contributed by atoms with Crippen molar-refractivity contribution >= 4 is 10.9 Å². The average Bonchev–Trinajstić information content (AvgIpc) is 2.53. The van der Waals surface area contributed by atoms with Gasteiger partial charge in [-0.2, -0.15) is 13.2 Å². The largest absolute Gasteiger partial charge is 0.416 e. The monoisotopic (exact) mass is 257 g/mol. The maximum absolute atomic E-state index is 12.7. The molecule has 2 aromatic rings. The van der Waals surface area contributed by atoms with E-state index in [1.807, 2.05) is 0 Å². The van der Waals surface area contributed by atoms with Crippen LogP contribution in [0.5, 0.6) is 0 Å². The van der Waals surface area contributed by atoms with Gasteiger partial charge in [-0.3, -0.25) is 0 Å². The first-order valence-electron chi connectivity index (χ1n) is 5.62. The number of alkyl halides is 3. The summed E-state index contributed by atoms with van der Waals surface area (Å²) < 4.78 is 39.8. The minimum atomic E-state index is -4.34. The maximum Gasteiger partial charge on any atom is 0.416 e. The first kappa shape index (κ1) is 13.0. The third kappa shape index (κ3) is 2.36. The summed E-state index contributed by atoms with van der Waals surface area (Å²) in [7, 11) is 1.78. The van der Waals surface area contributed by atoms with Crippen LogP contribution in [-0.4, -0.2) is 15.8 Å². The summed E-state index contributed by atoms with van der Waals surface area (Å²) in [5, 5.41) is 9.92. The van der Waals surface area contributed by atoms with Crippen molar-refractivity contribution in [1.82, 2.24) is 4.57 Å². The van der Waals surface area contributed by atoms with Crippen LogP contribution in [0, 0.1) is 0 Å². The summed E-state index contributed by atoms with van der Waals surface area (Å²) in [5.74, 6) is 0. The molecule has 0 bridgehead atoms. The number of fused-ring (bicyclic) bond motifs is 1. The molecule has 0 spiro atoms. The minimum absolute atomic E-state index is 0.346. The van der Waals surface area contributed by atoms with Gasteiger partial charge in [0.25, 0.3) is 0 Å². The van der Waals surface area contributed by atoms with Gasteiger partial charge in [0.05, 0.1) is 11.7 Å². The van der Waals surface area contributed by atoms with Crippen LogP contribution in [0.1, 0.15) is 18.1 Å². The molecule has 1 atom stereocenters. The number of aromatic nitrogens is 1. The Morgan fingerprint density at radius 2 is 2.00 bits per heavy atom. The predicted molar refractivity (Wildman–Crippen MR) is 63.3 cm³/mol. The Bertz CT molecular complexity index is 569. The molecule has 0 aliphatic carbocycles. The van der Waals surface area contributed by atoms with E-state index < -0.39 is 17.8 Å². The lowest BCUT2D eigenvalue weighted by molar-refractivity contribution is -0.137. The lowest BCUT2D eigenvalue weighted by Gasteiger charge is -2.08. The standard InChI is InChI=1S/C13H14F3NO/c1-8(18)5-9-7-17(2)12-4-3-10(6-11(9)12)13(14,15)16/h3-4,6-8,18H,5H2,1-2H3. The SMILES string of the molecule is CC(O)Cc1cn(C)c2ccc(C(F)(F)F)cc12. The van der Waals surface area contributed by atoms with Crippen LogP contribution < -0.4 is 0 Å². The summed E-state index contributed by atoms with van der Waals surface area (Å²) in [6.45, 7) is 1.62. The van der Waals surface area contributed by atoms with Gasteiger partial charge in [0.2, 0.25) is 0 Å². The van der Waals surface area contributed by atoms with Crippen LogP contribution in [0.4, 0.5) is 13.2 Å². The second-order valence-corrected chi connectivity index (χ2v) is 4.55. The maximum atomic E-state index is 12.7. The van der Waals surface area contributed by atoms with Gasteiger partial charge in [-0.15, -0.1) is 0 Å². The van der Waals surface area contributed by atoms with Crippen LogP contribution in [-0.2, 0) is 19.6 Å². The number of aliphatic hydroxyl groups excluding tert-OH is 1. The highest BCUT2D eigenvalue weighted by atomic mass is 19.4. The average molecular weight is 257 g/mol. The molecule has 0 radical (unpaired) electrons. The molecular weight excluding hydrogens is 243 g/mol. The van der Waals surface area contributed by atoms with Gasteiger partial charge in [-0.05, 0) is 30.7 Å². The number of benzene rings is 1. The number of halogens is 3. The van der Waals surface area contributed by atoms with Gasteiger partial charge in [0.1, 0.15) is 0 Å². The number of aliphatic hydroxyl groups is 1. The molecule has 0 saturated carbocycles. The second kappa shape index (κ2) is 4.31. The van der Waals surface area contributed by atoms with Gasteiger partial charge in [0.15, 0.2) is 0 Å². The van der Waals surface area contributed by atoms with E-state index in [2.05, 4.69) is 0 Å². The lowest BCUT2D eigenvalue weighted by atomic mass is 10.1. The summed E-state index contributed by atoms with van der Waals surface area (Å²) in [5.41, 5.74) is 0.806. The van der Waals surface area contributed by atoms with Crippen LogP contribution >= 0.6 is 0 Å². The summed E-state index contributed by atoms with van der Waals surface area (Å²) in [4.78, 5) is 0. The number of hydrogen-bond donors (Lipinski definition) is 1. The first-order chi connectivity index (χ1) is 8.29. The zero-order chi connectivity index (χ0) is 13.5. The second-order valence-electron chi connectivity index (χ2n) is 4.55. The molecule has 1 heterocycles. The fraction of sp³-hybridized carbons (Fsp3) is 0.385. The van der Waals surface area contributed by atoms with Gasteiger partial charge < -0.3 is 9.67 Å². The van der Waals surface area contributed by atoms with Crippen molar-refractivity contribution in [3.63, 3.8) is 0 Å². The molecule has 1 aromatic carbocycles. The van der Waals surface area contributed by atoms with Crippen molar-refractivity contribution in [2.45, 2.75) is 25.6 Å². The number of nitrogens with zero attached hydrogens (tertiary/aromatic N) is 1. The zero-order valence-corrected chi connectivity index (χ0v) is 10.1. The van der Waals surface area contributed by atoms with Crippen LogP contribution in [0.2, 0.25) is 0 Å². The Morgan fingerprint density at radius 1 is 1.33 bits per heavy atom. The molecule has 2 nitrogen and oxygen atoms in total. The van der Waals surface area contributed by atoms with Crippen molar-refractivity contribution < 1.29 is 18.3 Å². The number of hydrogen-bond acceptors (Lipinski definition) is 1. The van der Waals surface area contributed by atoms with Crippen LogP contribution in [0.25, 0.3) is 10.9 Å². The molecule has 0 aliphatic rings. The van der Waals surface area contributed by atoms with Gasteiger partial charge in [-0.1, -0.05) is 0 Å². The van der Waals surface area contributed by atoms with Gasteiger partial charge in [0, 0.05) is 30.6 Å². The Morgan fingerprint density at radius 3 is 2.56 bits per heavy atom. The normalized spacial score (nSPS) is 14.1. The highest BCUT2D eigenvalue weighted by molar-refractivity contribution is 5.84. The lowest BCUT2D eigenvalue weighted by Crippen LogP contribution is -2.05. The number of aryl methyl sites for hydroxylation is 1. The van der Waals surface area contributed by atoms with E-state index in [1.54, 1.807) is 24.7 Å². The molecule has 1 aromatic heterocycles. The third-order valence-corrected chi connectivity index (χ3v) is 2.91. The fourth-order valence-electron chi connectivity index (χ4n) is 2.13. The van der Waals surface area contributed by atoms with Crippen molar-refractivity contribution in [3.05, 3.63) is 35.5 Å². The number of rotatable bonds is 2. The molecule has 0 aliphatic heterocycles. The van der Waals surface area contributed by atoms with Crippen molar-refractivity contribution in [3.8, 4) is 0 Å². The van der Waals surface area contributed by atoms with Crippen molar-refractivity contribution in [2.24, 2.45) is 7.05 Å². The van der Waals surface area contributed by atoms with Crippen molar-refractivity contribution in [2.75, 3.05) is 0 Å². The van der Waals surface area contributed by atoms with E-state index >= 15 is 0 Å². The fourth-order valence-corrected chi connectivity index (χ4v) is 2.13. The van der Waals surface area contributed by atoms with E-state index in [0.29, 0.717) is 11.8 Å². The van der Waals surface area contributed by atoms with E-state index in [4.69, 9.17) is 0 Å². The Labute approximate surface area is 103 Å².